The number of carboxylic acid groups (broad SMARTS) is 3. The zero-order valence-electron chi connectivity index (χ0n) is 19.5. The summed E-state index contributed by atoms with van der Waals surface area (Å²) in [5.41, 5.74) is 6.10. The topological polar surface area (TPSA) is 267 Å². The number of carboxylic acids is 3. The number of urea groups is 1. The molecule has 0 saturated carbocycles. The first-order valence-electron chi connectivity index (χ1n) is 10.8. The van der Waals surface area contributed by atoms with Crippen LogP contribution in [0.5, 0.6) is 5.75 Å². The normalized spacial score (nSPS) is 14.0. The van der Waals surface area contributed by atoms with E-state index in [9.17, 15) is 39.3 Å². The molecule has 200 valence electrons. The lowest BCUT2D eigenvalue weighted by Crippen LogP contribution is -2.57. The van der Waals surface area contributed by atoms with E-state index in [0.29, 0.717) is 5.56 Å². The Kier molecular flexibility index (Phi) is 9.88. The van der Waals surface area contributed by atoms with Crippen molar-refractivity contribution in [3.05, 3.63) is 41.5 Å². The van der Waals surface area contributed by atoms with Crippen LogP contribution in [0, 0.1) is 5.92 Å². The molecule has 0 aliphatic heterocycles. The molecule has 16 heteroatoms. The van der Waals surface area contributed by atoms with Crippen molar-refractivity contribution in [3.63, 3.8) is 0 Å². The van der Waals surface area contributed by atoms with Gasteiger partial charge in [-0.05, 0) is 24.6 Å². The molecule has 3 amide bonds. The Balaban J connectivity index is 2.04. The summed E-state index contributed by atoms with van der Waals surface area (Å²) >= 11 is 0. The molecule has 2 rings (SSSR count). The number of carbonyl (C=O) groups is 5. The molecular formula is C21H26N6O10. The average molecular weight is 522 g/mol. The predicted molar refractivity (Wildman–Crippen MR) is 121 cm³/mol. The molecule has 4 atom stereocenters. The first-order chi connectivity index (χ1) is 17.4. The van der Waals surface area contributed by atoms with Crippen molar-refractivity contribution >= 4 is 29.8 Å². The van der Waals surface area contributed by atoms with Gasteiger partial charge in [0.15, 0.2) is 5.82 Å². The van der Waals surface area contributed by atoms with Crippen LogP contribution in [0.3, 0.4) is 0 Å². The van der Waals surface area contributed by atoms with Crippen LogP contribution in [0.15, 0.2) is 28.8 Å². The van der Waals surface area contributed by atoms with Crippen molar-refractivity contribution in [2.45, 2.75) is 44.4 Å². The summed E-state index contributed by atoms with van der Waals surface area (Å²) < 4.78 is 4.87. The summed E-state index contributed by atoms with van der Waals surface area (Å²) in [4.78, 5) is 62.9. The van der Waals surface area contributed by atoms with Crippen LogP contribution in [-0.4, -0.2) is 72.5 Å². The Bertz CT molecular complexity index is 1140. The molecule has 16 nitrogen and oxygen atoms in total. The molecule has 0 bridgehead atoms. The number of aromatic hydroxyl groups is 1. The maximum absolute atomic E-state index is 12.8. The molecule has 0 aliphatic rings. The highest BCUT2D eigenvalue weighted by Gasteiger charge is 2.34. The van der Waals surface area contributed by atoms with Crippen molar-refractivity contribution in [3.8, 4) is 5.75 Å². The number of rotatable bonds is 13. The third-order valence-corrected chi connectivity index (χ3v) is 5.06. The number of nitrogens with zero attached hydrogens (tertiary/aromatic N) is 2. The number of hydrogen-bond donors (Lipinski definition) is 8. The first-order valence-corrected chi connectivity index (χ1v) is 10.8. The summed E-state index contributed by atoms with van der Waals surface area (Å²) in [5, 5.41) is 47.2. The van der Waals surface area contributed by atoms with Gasteiger partial charge in [0.1, 0.15) is 17.8 Å². The number of carbonyl (C=O) groups excluding carboxylic acids is 2. The van der Waals surface area contributed by atoms with Crippen molar-refractivity contribution < 1.29 is 48.9 Å². The van der Waals surface area contributed by atoms with Gasteiger partial charge in [-0.15, -0.1) is 0 Å². The Morgan fingerprint density at radius 3 is 2.24 bits per heavy atom. The Morgan fingerprint density at radius 1 is 1.03 bits per heavy atom. The van der Waals surface area contributed by atoms with Crippen LogP contribution in [0.2, 0.25) is 0 Å². The summed E-state index contributed by atoms with van der Waals surface area (Å²) in [6, 6.07) is 0.409. The van der Waals surface area contributed by atoms with Gasteiger partial charge in [0.25, 0.3) is 0 Å². The minimum atomic E-state index is -1.67. The summed E-state index contributed by atoms with van der Waals surface area (Å²) in [6.07, 6.45) is -0.633. The van der Waals surface area contributed by atoms with Gasteiger partial charge in [0, 0.05) is 6.42 Å². The highest BCUT2D eigenvalue weighted by Crippen LogP contribution is 2.13. The number of aromatic nitrogens is 2. The minimum Gasteiger partial charge on any atom is -0.508 e. The van der Waals surface area contributed by atoms with Gasteiger partial charge in [0.05, 0.1) is 24.9 Å². The van der Waals surface area contributed by atoms with Gasteiger partial charge < -0.3 is 46.6 Å². The standard InChI is InChI=1S/C21H26N6O10/c1-9(19(32)33)16(18(31)24-13(20(34)35)6-10-2-4-11(28)5-3-10)26-21(36)23-8-14-25-17(27-37-14)12(22)7-15(29)30/h2-5,9,12-13,16,28H,6-8,22H2,1H3,(H,24,31)(H,29,30)(H,32,33)(H,34,35)(H2,23,26,36)/t9?,12-,13?,16?/m0/s1. The van der Waals surface area contributed by atoms with Crippen LogP contribution < -0.4 is 21.7 Å². The quantitative estimate of drug-likeness (QED) is 0.156. The Hall–Kier alpha value is -4.73. The highest BCUT2D eigenvalue weighted by molar-refractivity contribution is 5.93. The predicted octanol–water partition coefficient (Wildman–Crippen LogP) is -1.05. The number of amides is 3. The second-order valence-electron chi connectivity index (χ2n) is 7.95. The van der Waals surface area contributed by atoms with E-state index in [1.54, 1.807) is 0 Å². The summed E-state index contributed by atoms with van der Waals surface area (Å²) in [5.74, 6) is -6.80. The van der Waals surface area contributed by atoms with Gasteiger partial charge in [0.2, 0.25) is 11.8 Å². The number of aliphatic carboxylic acids is 3. The average Bonchev–Trinajstić information content (AvgIpc) is 3.30. The second-order valence-corrected chi connectivity index (χ2v) is 7.95. The van der Waals surface area contributed by atoms with Gasteiger partial charge in [-0.3, -0.25) is 14.4 Å². The van der Waals surface area contributed by atoms with E-state index in [4.69, 9.17) is 15.4 Å². The van der Waals surface area contributed by atoms with E-state index >= 15 is 0 Å². The van der Waals surface area contributed by atoms with Crippen LogP contribution in [-0.2, 0) is 32.1 Å². The van der Waals surface area contributed by atoms with Crippen molar-refractivity contribution in [2.24, 2.45) is 11.7 Å². The number of nitrogens with one attached hydrogen (secondary N) is 3. The monoisotopic (exact) mass is 522 g/mol. The molecule has 0 saturated heterocycles. The van der Waals surface area contributed by atoms with E-state index < -0.39 is 60.3 Å². The van der Waals surface area contributed by atoms with Crippen molar-refractivity contribution in [2.75, 3.05) is 0 Å². The fourth-order valence-electron chi connectivity index (χ4n) is 3.01. The lowest BCUT2D eigenvalue weighted by molar-refractivity contribution is -0.145. The number of phenols is 1. The molecule has 1 aromatic heterocycles. The molecule has 0 fully saturated rings. The maximum Gasteiger partial charge on any atom is 0.326 e. The second kappa shape index (κ2) is 12.8. The molecule has 1 aromatic carbocycles. The van der Waals surface area contributed by atoms with Crippen LogP contribution >= 0.6 is 0 Å². The van der Waals surface area contributed by atoms with Crippen molar-refractivity contribution in [1.82, 2.24) is 26.1 Å². The third-order valence-electron chi connectivity index (χ3n) is 5.06. The van der Waals surface area contributed by atoms with Gasteiger partial charge in [-0.25, -0.2) is 9.59 Å². The van der Waals surface area contributed by atoms with Crippen LogP contribution in [0.4, 0.5) is 4.79 Å². The molecule has 0 aliphatic carbocycles. The van der Waals surface area contributed by atoms with Crippen molar-refractivity contribution in [1.29, 1.82) is 0 Å². The van der Waals surface area contributed by atoms with Gasteiger partial charge in [-0.1, -0.05) is 17.3 Å². The summed E-state index contributed by atoms with van der Waals surface area (Å²) in [7, 11) is 0. The molecule has 9 N–H and O–H groups in total. The molecule has 1 heterocycles. The first kappa shape index (κ1) is 28.5. The zero-order chi connectivity index (χ0) is 27.7. The number of phenolic OH excluding ortho intramolecular Hbond substituents is 1. The Labute approximate surface area is 208 Å². The minimum absolute atomic E-state index is 0.0370. The number of hydrogen-bond acceptors (Lipinski definition) is 10. The Morgan fingerprint density at radius 2 is 1.68 bits per heavy atom. The molecule has 0 spiro atoms. The largest absolute Gasteiger partial charge is 0.508 e. The van der Waals surface area contributed by atoms with E-state index in [-0.39, 0.29) is 30.4 Å². The maximum atomic E-state index is 12.8. The third kappa shape index (κ3) is 8.77. The van der Waals surface area contributed by atoms with E-state index in [2.05, 4.69) is 26.1 Å². The SMILES string of the molecule is CC(C(=O)O)C(NC(=O)NCc1nc([C@@H](N)CC(=O)O)no1)C(=O)NC(Cc1ccc(O)cc1)C(=O)O. The van der Waals surface area contributed by atoms with E-state index in [0.717, 1.165) is 6.92 Å². The molecule has 3 unspecified atom stereocenters. The number of nitrogens with two attached hydrogens (primary N) is 1. The zero-order valence-corrected chi connectivity index (χ0v) is 19.5. The smallest absolute Gasteiger partial charge is 0.326 e. The van der Waals surface area contributed by atoms with E-state index in [1.807, 2.05) is 0 Å². The van der Waals surface area contributed by atoms with E-state index in [1.165, 1.54) is 24.3 Å². The fraction of sp³-hybridized carbons (Fsp3) is 0.381. The molecule has 0 radical (unpaired) electrons. The van der Waals surface area contributed by atoms with Gasteiger partial charge in [-0.2, -0.15) is 4.98 Å². The number of benzene rings is 1. The molecule has 2 aromatic rings. The highest BCUT2D eigenvalue weighted by atomic mass is 16.5. The summed E-state index contributed by atoms with van der Waals surface area (Å²) in [6.45, 7) is 0.781. The van der Waals surface area contributed by atoms with Gasteiger partial charge >= 0.3 is 23.9 Å². The van der Waals surface area contributed by atoms with Crippen LogP contribution in [0.25, 0.3) is 0 Å². The fourth-order valence-corrected chi connectivity index (χ4v) is 3.01. The lowest BCUT2D eigenvalue weighted by Gasteiger charge is -2.24. The lowest BCUT2D eigenvalue weighted by atomic mass is 10.00. The molecule has 37 heavy (non-hydrogen) atoms. The molecular weight excluding hydrogens is 496 g/mol. The van der Waals surface area contributed by atoms with Crippen LogP contribution in [0.1, 0.15) is 36.7 Å².